The molecule has 0 bridgehead atoms. The number of carbonyl (C=O) groups is 1. The van der Waals surface area contributed by atoms with E-state index >= 15 is 0 Å². The van der Waals surface area contributed by atoms with Gasteiger partial charge < -0.3 is 9.90 Å². The van der Waals surface area contributed by atoms with Crippen molar-refractivity contribution < 1.29 is 9.90 Å². The number of benzene rings is 1. The monoisotopic (exact) mass is 315 g/mol. The molecule has 70 valence electrons. The van der Waals surface area contributed by atoms with E-state index < -0.39 is 5.97 Å². The summed E-state index contributed by atoms with van der Waals surface area (Å²) >= 11 is 0. The average Bonchev–Trinajstić information content (AvgIpc) is 2.03. The van der Waals surface area contributed by atoms with Crippen molar-refractivity contribution in [1.82, 2.24) is 0 Å². The van der Waals surface area contributed by atoms with Crippen LogP contribution in [0.25, 0.3) is 0 Å². The van der Waals surface area contributed by atoms with E-state index in [2.05, 4.69) is 20.8 Å². The molecular weight excluding hydrogens is 301 g/mol. The maximum atomic E-state index is 10.5. The summed E-state index contributed by atoms with van der Waals surface area (Å²) in [5.41, 5.74) is 1.41. The zero-order valence-electron chi connectivity index (χ0n) is 8.83. The number of carboxylic acids is 1. The van der Waals surface area contributed by atoms with Crippen LogP contribution < -0.4 is 5.11 Å². The molecule has 0 saturated carbocycles. The van der Waals surface area contributed by atoms with Crippen LogP contribution in [0.2, 0.25) is 0 Å². The molecule has 0 N–H and O–H groups in total. The minimum Gasteiger partial charge on any atom is -0.545 e. The summed E-state index contributed by atoms with van der Waals surface area (Å²) in [7, 11) is 0. The smallest absolute Gasteiger partial charge is 0.545 e. The minimum absolute atomic E-state index is 0. The number of hydrogen-bond donors (Lipinski definition) is 0. The maximum absolute atomic E-state index is 10.5. The Bertz CT molecular complexity index is 309. The van der Waals surface area contributed by atoms with Gasteiger partial charge in [0.15, 0.2) is 0 Å². The average molecular weight is 315 g/mol. The number of rotatable bonds is 1. The second kappa shape index (κ2) is 5.37. The molecule has 0 aliphatic heterocycles. The second-order valence-corrected chi connectivity index (χ2v) is 4.11. The molecular formula is C11H13BaO2+. The Morgan fingerprint density at radius 3 is 1.86 bits per heavy atom. The van der Waals surface area contributed by atoms with Gasteiger partial charge in [0, 0.05) is 0 Å². The van der Waals surface area contributed by atoms with Gasteiger partial charge >= 0.3 is 48.9 Å². The Kier molecular flexibility index (Phi) is 5.47. The summed E-state index contributed by atoms with van der Waals surface area (Å²) in [6.45, 7) is 6.25. The van der Waals surface area contributed by atoms with Gasteiger partial charge in [-0.15, -0.1) is 0 Å². The third kappa shape index (κ3) is 3.79. The summed E-state index contributed by atoms with van der Waals surface area (Å²) in [4.78, 5) is 10.5. The molecule has 14 heavy (non-hydrogen) atoms. The predicted octanol–water partition coefficient (Wildman–Crippen LogP) is 0.967. The summed E-state index contributed by atoms with van der Waals surface area (Å²) in [5, 5.41) is 10.5. The van der Waals surface area contributed by atoms with Gasteiger partial charge in [-0.05, 0) is 16.5 Å². The molecule has 0 amide bonds. The molecule has 1 aromatic carbocycles. The zero-order valence-corrected chi connectivity index (χ0v) is 13.3. The molecule has 2 nitrogen and oxygen atoms in total. The fraction of sp³-hybridized carbons (Fsp3) is 0.364. The van der Waals surface area contributed by atoms with Crippen LogP contribution >= 0.6 is 0 Å². The van der Waals surface area contributed by atoms with Gasteiger partial charge in [-0.1, -0.05) is 45.0 Å². The number of aromatic carboxylic acids is 1. The van der Waals surface area contributed by atoms with Crippen LogP contribution in [-0.2, 0) is 5.41 Å². The number of carboxylic acid groups (broad SMARTS) is 1. The van der Waals surface area contributed by atoms with Gasteiger partial charge in [0.1, 0.15) is 0 Å². The molecule has 1 aromatic rings. The predicted molar refractivity (Wildman–Crippen MR) is 55.2 cm³/mol. The van der Waals surface area contributed by atoms with Gasteiger partial charge in [-0.3, -0.25) is 0 Å². The third-order valence-corrected chi connectivity index (χ3v) is 1.99. The van der Waals surface area contributed by atoms with E-state index in [0.717, 1.165) is 5.56 Å². The molecule has 1 rings (SSSR count). The number of hydrogen-bond acceptors (Lipinski definition) is 2. The Morgan fingerprint density at radius 2 is 1.57 bits per heavy atom. The first-order valence-corrected chi connectivity index (χ1v) is 4.23. The van der Waals surface area contributed by atoms with Crippen LogP contribution in [0.15, 0.2) is 24.3 Å². The molecule has 0 spiro atoms. The molecule has 0 atom stereocenters. The molecule has 0 radical (unpaired) electrons. The van der Waals surface area contributed by atoms with E-state index in [0.29, 0.717) is 0 Å². The fourth-order valence-electron chi connectivity index (χ4n) is 1.11. The number of carbonyl (C=O) groups excluding carboxylic acids is 1. The van der Waals surface area contributed by atoms with Crippen molar-refractivity contribution in [2.45, 2.75) is 26.2 Å². The Labute approximate surface area is 125 Å². The SMILES string of the molecule is CC(C)(C)c1ccc(C(=O)[O-])cc1.[Ba+2]. The van der Waals surface area contributed by atoms with Gasteiger partial charge in [-0.2, -0.15) is 0 Å². The first-order chi connectivity index (χ1) is 5.91. The summed E-state index contributed by atoms with van der Waals surface area (Å²) in [6.07, 6.45) is 0. The van der Waals surface area contributed by atoms with Crippen molar-refractivity contribution in [3.05, 3.63) is 35.4 Å². The van der Waals surface area contributed by atoms with Crippen LogP contribution in [0.3, 0.4) is 0 Å². The van der Waals surface area contributed by atoms with Crippen molar-refractivity contribution in [3.63, 3.8) is 0 Å². The van der Waals surface area contributed by atoms with E-state index in [1.807, 2.05) is 12.1 Å². The van der Waals surface area contributed by atoms with E-state index in [1.165, 1.54) is 0 Å². The first-order valence-electron chi connectivity index (χ1n) is 4.23. The molecule has 0 unspecified atom stereocenters. The molecule has 0 aliphatic carbocycles. The molecule has 0 saturated heterocycles. The molecule has 3 heteroatoms. The summed E-state index contributed by atoms with van der Waals surface area (Å²) in [6, 6.07) is 6.81. The van der Waals surface area contributed by atoms with Crippen LogP contribution in [-0.4, -0.2) is 54.9 Å². The molecule has 0 heterocycles. The topological polar surface area (TPSA) is 40.1 Å². The standard InChI is InChI=1S/C11H14O2.Ba/c1-11(2,3)9-6-4-8(5-7-9)10(12)13;/h4-7H,1-3H3,(H,12,13);/q;+2/p-1. The maximum Gasteiger partial charge on any atom is 2.00 e. The Morgan fingerprint density at radius 1 is 1.14 bits per heavy atom. The van der Waals surface area contributed by atoms with Gasteiger partial charge in [0.2, 0.25) is 0 Å². The van der Waals surface area contributed by atoms with Gasteiger partial charge in [-0.25, -0.2) is 0 Å². The molecule has 0 fully saturated rings. The van der Waals surface area contributed by atoms with Gasteiger partial charge in [0.05, 0.1) is 5.97 Å². The van der Waals surface area contributed by atoms with Crippen molar-refractivity contribution in [3.8, 4) is 0 Å². The van der Waals surface area contributed by atoms with E-state index in [4.69, 9.17) is 0 Å². The van der Waals surface area contributed by atoms with Crippen molar-refractivity contribution in [2.75, 3.05) is 0 Å². The third-order valence-electron chi connectivity index (χ3n) is 1.99. The first kappa shape index (κ1) is 14.3. The van der Waals surface area contributed by atoms with Crippen LogP contribution in [0.4, 0.5) is 0 Å². The minimum atomic E-state index is -1.12. The van der Waals surface area contributed by atoms with E-state index in [9.17, 15) is 9.90 Å². The molecule has 0 aliphatic rings. The summed E-state index contributed by atoms with van der Waals surface area (Å²) in [5.74, 6) is -1.12. The second-order valence-electron chi connectivity index (χ2n) is 4.11. The van der Waals surface area contributed by atoms with Crippen LogP contribution in [0, 0.1) is 0 Å². The van der Waals surface area contributed by atoms with Crippen molar-refractivity contribution in [2.24, 2.45) is 0 Å². The largest absolute Gasteiger partial charge is 2.00 e. The van der Waals surface area contributed by atoms with Crippen LogP contribution in [0.1, 0.15) is 36.7 Å². The molecule has 0 aromatic heterocycles. The van der Waals surface area contributed by atoms with E-state index in [-0.39, 0.29) is 59.9 Å². The summed E-state index contributed by atoms with van der Waals surface area (Å²) < 4.78 is 0. The fourth-order valence-corrected chi connectivity index (χ4v) is 1.11. The quantitative estimate of drug-likeness (QED) is 0.725. The Balaban J connectivity index is 0.00000169. The van der Waals surface area contributed by atoms with E-state index in [1.54, 1.807) is 12.1 Å². The Hall–Kier alpha value is 0.261. The van der Waals surface area contributed by atoms with Crippen molar-refractivity contribution >= 4 is 54.9 Å². The normalized spacial score (nSPS) is 10.5. The zero-order chi connectivity index (χ0) is 10.1. The van der Waals surface area contributed by atoms with Crippen molar-refractivity contribution in [1.29, 1.82) is 0 Å². The van der Waals surface area contributed by atoms with Gasteiger partial charge in [0.25, 0.3) is 0 Å². The van der Waals surface area contributed by atoms with Crippen LogP contribution in [0.5, 0.6) is 0 Å².